The Labute approximate surface area is 121 Å². The van der Waals surface area contributed by atoms with Crippen LogP contribution < -0.4 is 10.2 Å². The molecule has 0 aliphatic heterocycles. The molecule has 1 N–H and O–H groups in total. The lowest BCUT2D eigenvalue weighted by Crippen LogP contribution is -2.08. The number of rotatable bonds is 4. The van der Waals surface area contributed by atoms with E-state index in [2.05, 4.69) is 21.2 Å². The zero-order valence-corrected chi connectivity index (χ0v) is 12.5. The van der Waals surface area contributed by atoms with Crippen LogP contribution >= 0.6 is 15.9 Å². The second kappa shape index (κ2) is 6.06. The average Bonchev–Trinajstić information content (AvgIpc) is 2.40. The molecule has 2 aromatic rings. The first-order chi connectivity index (χ1) is 9.06. The minimum absolute atomic E-state index is 0.219. The van der Waals surface area contributed by atoms with Crippen molar-refractivity contribution in [1.29, 1.82) is 0 Å². The SMILES string of the molecule is CN(C)c1ccc(NCc2cc(F)ccc2Br)cc1. The molecule has 2 rings (SSSR count). The molecule has 19 heavy (non-hydrogen) atoms. The van der Waals surface area contributed by atoms with Gasteiger partial charge in [-0.2, -0.15) is 0 Å². The van der Waals surface area contributed by atoms with E-state index >= 15 is 0 Å². The second-order valence-electron chi connectivity index (χ2n) is 4.53. The molecule has 0 aliphatic carbocycles. The van der Waals surface area contributed by atoms with Crippen molar-refractivity contribution in [1.82, 2.24) is 0 Å². The number of nitrogens with zero attached hydrogens (tertiary/aromatic N) is 1. The Balaban J connectivity index is 2.04. The lowest BCUT2D eigenvalue weighted by molar-refractivity contribution is 0.625. The fraction of sp³-hybridized carbons (Fsp3) is 0.200. The van der Waals surface area contributed by atoms with E-state index in [1.165, 1.54) is 12.1 Å². The van der Waals surface area contributed by atoms with Crippen LogP contribution in [0.25, 0.3) is 0 Å². The Kier molecular flexibility index (Phi) is 4.43. The van der Waals surface area contributed by atoms with Gasteiger partial charge in [0.1, 0.15) is 5.82 Å². The van der Waals surface area contributed by atoms with Gasteiger partial charge in [-0.05, 0) is 48.0 Å². The number of nitrogens with one attached hydrogen (secondary N) is 1. The Morgan fingerprint density at radius 1 is 1.11 bits per heavy atom. The van der Waals surface area contributed by atoms with Gasteiger partial charge in [-0.3, -0.25) is 0 Å². The third kappa shape index (κ3) is 3.70. The van der Waals surface area contributed by atoms with Gasteiger partial charge in [-0.15, -0.1) is 0 Å². The van der Waals surface area contributed by atoms with Crippen molar-refractivity contribution in [3.63, 3.8) is 0 Å². The molecular formula is C15H16BrFN2. The van der Waals surface area contributed by atoms with Crippen molar-refractivity contribution < 1.29 is 4.39 Å². The summed E-state index contributed by atoms with van der Waals surface area (Å²) in [7, 11) is 4.01. The minimum Gasteiger partial charge on any atom is -0.381 e. The van der Waals surface area contributed by atoms with E-state index in [0.717, 1.165) is 21.4 Å². The van der Waals surface area contributed by atoms with E-state index in [0.29, 0.717) is 6.54 Å². The van der Waals surface area contributed by atoms with E-state index in [9.17, 15) is 4.39 Å². The van der Waals surface area contributed by atoms with Crippen molar-refractivity contribution in [3.05, 3.63) is 58.3 Å². The Hall–Kier alpha value is -1.55. The molecule has 0 amide bonds. The summed E-state index contributed by atoms with van der Waals surface area (Å²) in [5, 5.41) is 3.28. The molecule has 0 aromatic heterocycles. The van der Waals surface area contributed by atoms with Crippen LogP contribution in [0.4, 0.5) is 15.8 Å². The third-order valence-corrected chi connectivity index (χ3v) is 3.65. The molecule has 0 saturated heterocycles. The van der Waals surface area contributed by atoms with Crippen LogP contribution in [0.1, 0.15) is 5.56 Å². The number of benzene rings is 2. The third-order valence-electron chi connectivity index (χ3n) is 2.87. The van der Waals surface area contributed by atoms with Crippen LogP contribution in [0.3, 0.4) is 0 Å². The first kappa shape index (κ1) is 13.9. The van der Waals surface area contributed by atoms with Gasteiger partial charge in [0.15, 0.2) is 0 Å². The molecule has 0 bridgehead atoms. The highest BCUT2D eigenvalue weighted by atomic mass is 79.9. The lowest BCUT2D eigenvalue weighted by atomic mass is 10.2. The van der Waals surface area contributed by atoms with Crippen LogP contribution in [0.15, 0.2) is 46.9 Å². The summed E-state index contributed by atoms with van der Waals surface area (Å²) in [6.07, 6.45) is 0. The molecule has 0 saturated carbocycles. The molecule has 0 atom stereocenters. The summed E-state index contributed by atoms with van der Waals surface area (Å²) < 4.78 is 14.1. The van der Waals surface area contributed by atoms with Gasteiger partial charge in [0.05, 0.1) is 0 Å². The standard InChI is InChI=1S/C15H16BrFN2/c1-19(2)14-6-4-13(5-7-14)18-10-11-9-12(17)3-8-15(11)16/h3-9,18H,10H2,1-2H3. The second-order valence-corrected chi connectivity index (χ2v) is 5.38. The number of halogens is 2. The Morgan fingerprint density at radius 3 is 2.42 bits per heavy atom. The zero-order chi connectivity index (χ0) is 13.8. The fourth-order valence-electron chi connectivity index (χ4n) is 1.75. The van der Waals surface area contributed by atoms with Crippen molar-refractivity contribution in [2.45, 2.75) is 6.54 Å². The highest BCUT2D eigenvalue weighted by molar-refractivity contribution is 9.10. The molecule has 0 heterocycles. The van der Waals surface area contributed by atoms with Crippen LogP contribution in [0, 0.1) is 5.82 Å². The van der Waals surface area contributed by atoms with Gasteiger partial charge in [-0.25, -0.2) is 4.39 Å². The van der Waals surface area contributed by atoms with Crippen LogP contribution in [0.2, 0.25) is 0 Å². The predicted molar refractivity (Wildman–Crippen MR) is 82.2 cm³/mol. The van der Waals surface area contributed by atoms with Gasteiger partial charge in [0.2, 0.25) is 0 Å². The molecular weight excluding hydrogens is 307 g/mol. The summed E-state index contributed by atoms with van der Waals surface area (Å²) >= 11 is 3.42. The molecule has 0 spiro atoms. The van der Waals surface area contributed by atoms with Gasteiger partial charge in [-0.1, -0.05) is 15.9 Å². The number of hydrogen-bond acceptors (Lipinski definition) is 2. The maximum Gasteiger partial charge on any atom is 0.123 e. The van der Waals surface area contributed by atoms with Crippen molar-refractivity contribution >= 4 is 27.3 Å². The first-order valence-corrected chi connectivity index (χ1v) is 6.81. The maximum absolute atomic E-state index is 13.2. The zero-order valence-electron chi connectivity index (χ0n) is 11.0. The average molecular weight is 323 g/mol. The lowest BCUT2D eigenvalue weighted by Gasteiger charge is -2.13. The summed E-state index contributed by atoms with van der Waals surface area (Å²) in [6.45, 7) is 0.583. The van der Waals surface area contributed by atoms with Crippen LogP contribution in [-0.2, 0) is 6.54 Å². The van der Waals surface area contributed by atoms with Gasteiger partial charge in [0, 0.05) is 36.5 Å². The van der Waals surface area contributed by atoms with Crippen molar-refractivity contribution in [2.75, 3.05) is 24.3 Å². The Bertz CT molecular complexity index is 553. The van der Waals surface area contributed by atoms with Gasteiger partial charge >= 0.3 is 0 Å². The molecule has 0 aliphatic rings. The van der Waals surface area contributed by atoms with Crippen molar-refractivity contribution in [2.24, 2.45) is 0 Å². The van der Waals surface area contributed by atoms with E-state index in [1.807, 2.05) is 43.3 Å². The topological polar surface area (TPSA) is 15.3 Å². The summed E-state index contributed by atoms with van der Waals surface area (Å²) in [6, 6.07) is 12.8. The number of hydrogen-bond donors (Lipinski definition) is 1. The fourth-order valence-corrected chi connectivity index (χ4v) is 2.14. The monoisotopic (exact) mass is 322 g/mol. The smallest absolute Gasteiger partial charge is 0.123 e. The molecule has 2 aromatic carbocycles. The van der Waals surface area contributed by atoms with Crippen molar-refractivity contribution in [3.8, 4) is 0 Å². The quantitative estimate of drug-likeness (QED) is 0.904. The normalized spacial score (nSPS) is 10.3. The van der Waals surface area contributed by atoms with E-state index in [-0.39, 0.29) is 5.82 Å². The van der Waals surface area contributed by atoms with E-state index in [4.69, 9.17) is 0 Å². The van der Waals surface area contributed by atoms with Gasteiger partial charge < -0.3 is 10.2 Å². The maximum atomic E-state index is 13.2. The first-order valence-electron chi connectivity index (χ1n) is 6.01. The van der Waals surface area contributed by atoms with E-state index < -0.39 is 0 Å². The van der Waals surface area contributed by atoms with Crippen LogP contribution in [-0.4, -0.2) is 14.1 Å². The summed E-state index contributed by atoms with van der Waals surface area (Å²) in [5.41, 5.74) is 3.07. The molecule has 0 fully saturated rings. The molecule has 4 heteroatoms. The summed E-state index contributed by atoms with van der Waals surface area (Å²) in [4.78, 5) is 2.05. The predicted octanol–water partition coefficient (Wildman–Crippen LogP) is 4.27. The molecule has 0 unspecified atom stereocenters. The highest BCUT2D eigenvalue weighted by Crippen LogP contribution is 2.20. The number of anilines is 2. The molecule has 100 valence electrons. The minimum atomic E-state index is -0.219. The highest BCUT2D eigenvalue weighted by Gasteiger charge is 2.02. The Morgan fingerprint density at radius 2 is 1.79 bits per heavy atom. The molecule has 2 nitrogen and oxygen atoms in total. The molecule has 0 radical (unpaired) electrons. The largest absolute Gasteiger partial charge is 0.381 e. The van der Waals surface area contributed by atoms with E-state index in [1.54, 1.807) is 6.07 Å². The van der Waals surface area contributed by atoms with Gasteiger partial charge in [0.25, 0.3) is 0 Å². The van der Waals surface area contributed by atoms with Crippen LogP contribution in [0.5, 0.6) is 0 Å². The summed E-state index contributed by atoms with van der Waals surface area (Å²) in [5.74, 6) is -0.219.